The van der Waals surface area contributed by atoms with Crippen molar-refractivity contribution in [2.24, 2.45) is 0 Å². The molecule has 1 aliphatic carbocycles. The van der Waals surface area contributed by atoms with E-state index in [-0.39, 0.29) is 0 Å². The summed E-state index contributed by atoms with van der Waals surface area (Å²) in [6, 6.07) is 7.52. The molecule has 0 amide bonds. The number of nitriles is 1. The second-order valence-electron chi connectivity index (χ2n) is 4.23. The van der Waals surface area contributed by atoms with Gasteiger partial charge >= 0.3 is 0 Å². The predicted molar refractivity (Wildman–Crippen MR) is 71.2 cm³/mol. The summed E-state index contributed by atoms with van der Waals surface area (Å²) in [4.78, 5) is 0. The van der Waals surface area contributed by atoms with Crippen LogP contribution in [-0.2, 0) is 0 Å². The van der Waals surface area contributed by atoms with Crippen LogP contribution in [-0.4, -0.2) is 6.54 Å². The van der Waals surface area contributed by atoms with Crippen LogP contribution in [0, 0.1) is 11.3 Å². The molecule has 0 unspecified atom stereocenters. The van der Waals surface area contributed by atoms with Gasteiger partial charge in [0.1, 0.15) is 6.07 Å². The molecule has 1 N–H and O–H groups in total. The first-order valence-corrected chi connectivity index (χ1v) is 6.29. The second-order valence-corrected chi connectivity index (χ2v) is 4.67. The van der Waals surface area contributed by atoms with Crippen molar-refractivity contribution in [1.29, 1.82) is 5.26 Å². The van der Waals surface area contributed by atoms with Gasteiger partial charge in [-0.15, -0.1) is 0 Å². The molecule has 0 spiro atoms. The average Bonchev–Trinajstić information content (AvgIpc) is 2.84. The number of rotatable bonds is 4. The topological polar surface area (TPSA) is 35.8 Å². The zero-order valence-corrected chi connectivity index (χ0v) is 10.4. The monoisotopic (exact) mass is 246 g/mol. The van der Waals surface area contributed by atoms with E-state index in [4.69, 9.17) is 16.9 Å². The summed E-state index contributed by atoms with van der Waals surface area (Å²) in [5, 5.41) is 12.9. The second kappa shape index (κ2) is 5.75. The molecule has 3 heteroatoms. The Morgan fingerprint density at radius 2 is 2.29 bits per heavy atom. The van der Waals surface area contributed by atoms with Crippen LogP contribution in [0.3, 0.4) is 0 Å². The van der Waals surface area contributed by atoms with Crippen LogP contribution in [0.1, 0.15) is 31.2 Å². The van der Waals surface area contributed by atoms with Gasteiger partial charge in [0.15, 0.2) is 0 Å². The minimum absolute atomic E-state index is 0.602. The zero-order valence-electron chi connectivity index (χ0n) is 9.67. The Bertz CT molecular complexity index is 472. The third-order valence-corrected chi connectivity index (χ3v) is 3.23. The summed E-state index contributed by atoms with van der Waals surface area (Å²) in [6.07, 6.45) is 7.13. The molecule has 1 aromatic carbocycles. The van der Waals surface area contributed by atoms with Crippen molar-refractivity contribution >= 4 is 17.3 Å². The van der Waals surface area contributed by atoms with Gasteiger partial charge in [-0.25, -0.2) is 0 Å². The van der Waals surface area contributed by atoms with Crippen LogP contribution in [0.2, 0.25) is 5.02 Å². The highest BCUT2D eigenvalue weighted by molar-refractivity contribution is 6.30. The Balaban J connectivity index is 1.92. The molecule has 0 aliphatic heterocycles. The molecule has 0 saturated heterocycles. The molecule has 88 valence electrons. The van der Waals surface area contributed by atoms with E-state index in [9.17, 15) is 0 Å². The highest BCUT2D eigenvalue weighted by atomic mass is 35.5. The Morgan fingerprint density at radius 1 is 1.41 bits per heavy atom. The molecule has 0 radical (unpaired) electrons. The van der Waals surface area contributed by atoms with E-state index in [2.05, 4.69) is 17.5 Å². The van der Waals surface area contributed by atoms with Crippen molar-refractivity contribution in [3.63, 3.8) is 0 Å². The molecule has 2 nitrogen and oxygen atoms in total. The fourth-order valence-corrected chi connectivity index (χ4v) is 2.26. The van der Waals surface area contributed by atoms with Crippen molar-refractivity contribution in [1.82, 2.24) is 0 Å². The molecule has 17 heavy (non-hydrogen) atoms. The van der Waals surface area contributed by atoms with E-state index >= 15 is 0 Å². The Labute approximate surface area is 107 Å². The summed E-state index contributed by atoms with van der Waals surface area (Å²) < 4.78 is 0. The number of halogens is 1. The fraction of sp³-hybridized carbons (Fsp3) is 0.357. The molecule has 0 saturated carbocycles. The largest absolute Gasteiger partial charge is 0.384 e. The number of benzene rings is 1. The highest BCUT2D eigenvalue weighted by Gasteiger charge is 2.05. The van der Waals surface area contributed by atoms with E-state index in [0.717, 1.165) is 18.7 Å². The first-order chi connectivity index (χ1) is 8.29. The van der Waals surface area contributed by atoms with Gasteiger partial charge in [0.05, 0.1) is 11.3 Å². The maximum Gasteiger partial charge on any atom is 0.101 e. The normalized spacial score (nSPS) is 14.2. The van der Waals surface area contributed by atoms with Crippen molar-refractivity contribution in [2.45, 2.75) is 25.7 Å². The number of nitrogens with one attached hydrogen (secondary N) is 1. The van der Waals surface area contributed by atoms with E-state index in [1.165, 1.54) is 24.8 Å². The van der Waals surface area contributed by atoms with Gasteiger partial charge in [0.2, 0.25) is 0 Å². The zero-order chi connectivity index (χ0) is 12.1. The number of hydrogen-bond donors (Lipinski definition) is 1. The van der Waals surface area contributed by atoms with Gasteiger partial charge in [0, 0.05) is 11.6 Å². The number of allylic oxidation sites excluding steroid dienone is 1. The van der Waals surface area contributed by atoms with Crippen LogP contribution in [0.4, 0.5) is 5.69 Å². The van der Waals surface area contributed by atoms with Crippen molar-refractivity contribution in [3.05, 3.63) is 40.4 Å². The molecule has 0 fully saturated rings. The number of hydrogen-bond acceptors (Lipinski definition) is 2. The highest BCUT2D eigenvalue weighted by Crippen LogP contribution is 2.22. The van der Waals surface area contributed by atoms with Gasteiger partial charge in [-0.05, 0) is 43.9 Å². The van der Waals surface area contributed by atoms with E-state index in [0.29, 0.717) is 10.6 Å². The number of anilines is 1. The standard InChI is InChI=1S/C14H15ClN2/c15-13-5-6-14(12(9-13)10-16)17-8-7-11-3-1-2-4-11/h3,5-6,9,17H,1-2,4,7-8H2. The van der Waals surface area contributed by atoms with Crippen molar-refractivity contribution < 1.29 is 0 Å². The van der Waals surface area contributed by atoms with Gasteiger partial charge in [-0.1, -0.05) is 23.3 Å². The minimum Gasteiger partial charge on any atom is -0.384 e. The lowest BCUT2D eigenvalue weighted by Gasteiger charge is -2.08. The lowest BCUT2D eigenvalue weighted by molar-refractivity contribution is 0.863. The van der Waals surface area contributed by atoms with Crippen molar-refractivity contribution in [3.8, 4) is 6.07 Å². The summed E-state index contributed by atoms with van der Waals surface area (Å²) in [5.41, 5.74) is 3.01. The third kappa shape index (κ3) is 3.25. The van der Waals surface area contributed by atoms with Crippen LogP contribution in [0.15, 0.2) is 29.8 Å². The van der Waals surface area contributed by atoms with Gasteiger partial charge in [-0.3, -0.25) is 0 Å². The lowest BCUT2D eigenvalue weighted by atomic mass is 10.1. The minimum atomic E-state index is 0.602. The van der Waals surface area contributed by atoms with Gasteiger partial charge in [0.25, 0.3) is 0 Å². The molecular weight excluding hydrogens is 232 g/mol. The molecule has 0 heterocycles. The predicted octanol–water partition coefficient (Wildman–Crippen LogP) is 4.12. The van der Waals surface area contributed by atoms with Gasteiger partial charge in [-0.2, -0.15) is 5.26 Å². The third-order valence-electron chi connectivity index (χ3n) is 3.00. The van der Waals surface area contributed by atoms with Crippen LogP contribution in [0.5, 0.6) is 0 Å². The molecule has 0 atom stereocenters. The summed E-state index contributed by atoms with van der Waals surface area (Å²) in [7, 11) is 0. The summed E-state index contributed by atoms with van der Waals surface area (Å²) >= 11 is 5.85. The molecule has 2 rings (SSSR count). The first-order valence-electron chi connectivity index (χ1n) is 5.91. The van der Waals surface area contributed by atoms with Crippen LogP contribution < -0.4 is 5.32 Å². The van der Waals surface area contributed by atoms with Crippen LogP contribution in [0.25, 0.3) is 0 Å². The van der Waals surface area contributed by atoms with E-state index in [1.54, 1.807) is 12.1 Å². The fourth-order valence-electron chi connectivity index (χ4n) is 2.09. The lowest BCUT2D eigenvalue weighted by Crippen LogP contribution is -2.03. The maximum atomic E-state index is 8.99. The van der Waals surface area contributed by atoms with E-state index < -0.39 is 0 Å². The Morgan fingerprint density at radius 3 is 3.00 bits per heavy atom. The molecular formula is C14H15ClN2. The van der Waals surface area contributed by atoms with Crippen LogP contribution >= 0.6 is 11.6 Å². The molecule has 1 aliphatic rings. The Hall–Kier alpha value is -1.46. The smallest absolute Gasteiger partial charge is 0.101 e. The average molecular weight is 247 g/mol. The maximum absolute atomic E-state index is 8.99. The first kappa shape index (κ1) is 12.0. The molecule has 0 bridgehead atoms. The quantitative estimate of drug-likeness (QED) is 0.811. The summed E-state index contributed by atoms with van der Waals surface area (Å²) in [5.74, 6) is 0. The number of nitrogens with zero attached hydrogens (tertiary/aromatic N) is 1. The van der Waals surface area contributed by atoms with Crippen molar-refractivity contribution in [2.75, 3.05) is 11.9 Å². The Kier molecular flexibility index (Phi) is 4.06. The summed E-state index contributed by atoms with van der Waals surface area (Å²) in [6.45, 7) is 0.877. The van der Waals surface area contributed by atoms with Gasteiger partial charge < -0.3 is 5.32 Å². The SMILES string of the molecule is N#Cc1cc(Cl)ccc1NCCC1=CCCC1. The molecule has 1 aromatic rings. The molecule has 0 aromatic heterocycles. The van der Waals surface area contributed by atoms with E-state index in [1.807, 2.05) is 6.07 Å².